The molecule has 0 aliphatic rings. The monoisotopic (exact) mass is 275 g/mol. The van der Waals surface area contributed by atoms with Crippen LogP contribution >= 0.6 is 0 Å². The van der Waals surface area contributed by atoms with Crippen LogP contribution in [0.15, 0.2) is 17.6 Å². The van der Waals surface area contributed by atoms with Crippen LogP contribution in [0.2, 0.25) is 0 Å². The molecular weight excluding hydrogens is 258 g/mol. The predicted molar refractivity (Wildman–Crippen MR) is 64.6 cm³/mol. The average Bonchev–Trinajstić information content (AvgIpc) is 2.76. The highest BCUT2D eigenvalue weighted by Gasteiger charge is 2.22. The molecular formula is C10H17N3O4S. The standard InChI is InChI=1S/C10H17N3O4S/c1-3-8(5-10(14)15)12-18(16,17)9-6-13(4-2)7-11-9/h6-8,12H,3-5H2,1-2H3,(H,14,15). The Balaban J connectivity index is 2.83. The third kappa shape index (κ3) is 3.81. The first-order valence-corrected chi connectivity index (χ1v) is 7.13. The number of hydrogen-bond acceptors (Lipinski definition) is 4. The van der Waals surface area contributed by atoms with Crippen LogP contribution in [0.25, 0.3) is 0 Å². The molecule has 1 aromatic heterocycles. The smallest absolute Gasteiger partial charge is 0.304 e. The molecule has 0 aliphatic carbocycles. The number of aryl methyl sites for hydroxylation is 1. The lowest BCUT2D eigenvalue weighted by molar-refractivity contribution is -0.137. The first kappa shape index (κ1) is 14.7. The Morgan fingerprint density at radius 3 is 2.67 bits per heavy atom. The van der Waals surface area contributed by atoms with Crippen molar-refractivity contribution in [3.63, 3.8) is 0 Å². The molecule has 0 bridgehead atoms. The van der Waals surface area contributed by atoms with Crippen LogP contribution in [0.5, 0.6) is 0 Å². The Hall–Kier alpha value is -1.41. The number of rotatable bonds is 7. The highest BCUT2D eigenvalue weighted by molar-refractivity contribution is 7.89. The van der Waals surface area contributed by atoms with Crippen LogP contribution in [-0.4, -0.2) is 35.1 Å². The summed E-state index contributed by atoms with van der Waals surface area (Å²) in [5.74, 6) is -1.04. The summed E-state index contributed by atoms with van der Waals surface area (Å²) in [6.45, 7) is 4.21. The van der Waals surface area contributed by atoms with Crippen LogP contribution in [0.4, 0.5) is 0 Å². The van der Waals surface area contributed by atoms with Gasteiger partial charge >= 0.3 is 5.97 Å². The van der Waals surface area contributed by atoms with Crippen molar-refractivity contribution in [3.05, 3.63) is 12.5 Å². The summed E-state index contributed by atoms with van der Waals surface area (Å²) in [6, 6.07) is -0.626. The summed E-state index contributed by atoms with van der Waals surface area (Å²) in [4.78, 5) is 14.4. The normalized spacial score (nSPS) is 13.4. The minimum atomic E-state index is -3.75. The number of carboxylic acids is 1. The molecule has 0 fully saturated rings. The largest absolute Gasteiger partial charge is 0.481 e. The second-order valence-corrected chi connectivity index (χ2v) is 5.53. The zero-order chi connectivity index (χ0) is 13.8. The molecule has 1 aromatic rings. The van der Waals surface area contributed by atoms with Crippen LogP contribution < -0.4 is 4.72 Å². The summed E-state index contributed by atoms with van der Waals surface area (Å²) in [5.41, 5.74) is 0. The van der Waals surface area contributed by atoms with E-state index >= 15 is 0 Å². The van der Waals surface area contributed by atoms with Gasteiger partial charge in [-0.1, -0.05) is 6.92 Å². The van der Waals surface area contributed by atoms with Gasteiger partial charge in [0.2, 0.25) is 0 Å². The molecule has 0 spiro atoms. The molecule has 102 valence electrons. The Morgan fingerprint density at radius 2 is 2.22 bits per heavy atom. The molecule has 18 heavy (non-hydrogen) atoms. The molecule has 0 radical (unpaired) electrons. The summed E-state index contributed by atoms with van der Waals surface area (Å²) in [6.07, 6.45) is 2.99. The maximum absolute atomic E-state index is 11.9. The van der Waals surface area contributed by atoms with E-state index in [1.807, 2.05) is 6.92 Å². The quantitative estimate of drug-likeness (QED) is 0.751. The third-order valence-corrected chi connectivity index (χ3v) is 3.89. The number of nitrogens with one attached hydrogen (secondary N) is 1. The topological polar surface area (TPSA) is 101 Å². The van der Waals surface area contributed by atoms with Crippen molar-refractivity contribution in [2.75, 3.05) is 0 Å². The van der Waals surface area contributed by atoms with Crippen molar-refractivity contribution < 1.29 is 18.3 Å². The van der Waals surface area contributed by atoms with Gasteiger partial charge in [-0.2, -0.15) is 0 Å². The van der Waals surface area contributed by atoms with Gasteiger partial charge in [-0.3, -0.25) is 4.79 Å². The minimum absolute atomic E-state index is 0.0896. The van der Waals surface area contributed by atoms with Gasteiger partial charge in [0.25, 0.3) is 10.0 Å². The molecule has 1 rings (SSSR count). The lowest BCUT2D eigenvalue weighted by atomic mass is 10.2. The zero-order valence-electron chi connectivity index (χ0n) is 10.3. The Labute approximate surface area is 106 Å². The molecule has 7 nitrogen and oxygen atoms in total. The van der Waals surface area contributed by atoms with Gasteiger partial charge in [-0.05, 0) is 13.3 Å². The highest BCUT2D eigenvalue weighted by atomic mass is 32.2. The summed E-state index contributed by atoms with van der Waals surface area (Å²) in [7, 11) is -3.75. The minimum Gasteiger partial charge on any atom is -0.481 e. The molecule has 8 heteroatoms. The van der Waals surface area contributed by atoms with E-state index in [1.165, 1.54) is 12.5 Å². The maximum Gasteiger partial charge on any atom is 0.304 e. The van der Waals surface area contributed by atoms with E-state index in [0.29, 0.717) is 13.0 Å². The number of nitrogens with zero attached hydrogens (tertiary/aromatic N) is 2. The highest BCUT2D eigenvalue weighted by Crippen LogP contribution is 2.08. The number of hydrogen-bond donors (Lipinski definition) is 2. The number of carbonyl (C=O) groups is 1. The fourth-order valence-electron chi connectivity index (χ4n) is 1.41. The fraction of sp³-hybridized carbons (Fsp3) is 0.600. The first-order chi connectivity index (χ1) is 8.39. The molecule has 0 aromatic carbocycles. The Morgan fingerprint density at radius 1 is 1.56 bits per heavy atom. The Bertz CT molecular complexity index is 509. The molecule has 1 heterocycles. The van der Waals surface area contributed by atoms with Crippen molar-refractivity contribution in [2.45, 2.75) is 44.3 Å². The molecule has 0 saturated carbocycles. The molecule has 1 unspecified atom stereocenters. The second-order valence-electron chi connectivity index (χ2n) is 3.87. The number of aliphatic carboxylic acids is 1. The van der Waals surface area contributed by atoms with Crippen molar-refractivity contribution in [1.82, 2.24) is 14.3 Å². The maximum atomic E-state index is 11.9. The first-order valence-electron chi connectivity index (χ1n) is 5.65. The zero-order valence-corrected chi connectivity index (χ0v) is 11.1. The number of sulfonamides is 1. The number of imidazole rings is 1. The second kappa shape index (κ2) is 5.96. The summed E-state index contributed by atoms with van der Waals surface area (Å²) in [5, 5.41) is 8.58. The van der Waals surface area contributed by atoms with Crippen LogP contribution in [-0.2, 0) is 21.4 Å². The van der Waals surface area contributed by atoms with Crippen molar-refractivity contribution >= 4 is 16.0 Å². The van der Waals surface area contributed by atoms with Crippen molar-refractivity contribution in [1.29, 1.82) is 0 Å². The van der Waals surface area contributed by atoms with Gasteiger partial charge < -0.3 is 9.67 Å². The van der Waals surface area contributed by atoms with E-state index < -0.39 is 22.0 Å². The molecule has 0 saturated heterocycles. The van der Waals surface area contributed by atoms with E-state index in [2.05, 4.69) is 9.71 Å². The van der Waals surface area contributed by atoms with Crippen LogP contribution in [0.3, 0.4) is 0 Å². The van der Waals surface area contributed by atoms with E-state index in [1.54, 1.807) is 11.5 Å². The van der Waals surface area contributed by atoms with E-state index in [0.717, 1.165) is 0 Å². The Kier molecular flexibility index (Phi) is 4.85. The molecule has 1 atom stereocenters. The summed E-state index contributed by atoms with van der Waals surface area (Å²) < 4.78 is 27.8. The predicted octanol–water partition coefficient (Wildman–Crippen LogP) is 0.435. The van der Waals surface area contributed by atoms with Crippen LogP contribution in [0, 0.1) is 0 Å². The van der Waals surface area contributed by atoms with Gasteiger partial charge in [-0.15, -0.1) is 0 Å². The fourth-order valence-corrected chi connectivity index (χ4v) is 2.68. The molecule has 0 aliphatic heterocycles. The van der Waals surface area contributed by atoms with Crippen LogP contribution in [0.1, 0.15) is 26.7 Å². The number of carboxylic acid groups (broad SMARTS) is 1. The van der Waals surface area contributed by atoms with E-state index in [9.17, 15) is 13.2 Å². The van der Waals surface area contributed by atoms with Gasteiger partial charge in [0, 0.05) is 18.8 Å². The SMILES string of the molecule is CCC(CC(=O)O)NS(=O)(=O)c1cn(CC)cn1. The van der Waals surface area contributed by atoms with E-state index in [4.69, 9.17) is 5.11 Å². The molecule has 2 N–H and O–H groups in total. The third-order valence-electron chi connectivity index (χ3n) is 2.49. The lowest BCUT2D eigenvalue weighted by Gasteiger charge is -2.13. The molecule has 0 amide bonds. The van der Waals surface area contributed by atoms with E-state index in [-0.39, 0.29) is 11.4 Å². The van der Waals surface area contributed by atoms with Gasteiger partial charge in [0.05, 0.1) is 12.7 Å². The average molecular weight is 275 g/mol. The van der Waals surface area contributed by atoms with Gasteiger partial charge in [0.15, 0.2) is 5.03 Å². The van der Waals surface area contributed by atoms with Crippen molar-refractivity contribution in [3.8, 4) is 0 Å². The van der Waals surface area contributed by atoms with Gasteiger partial charge in [-0.25, -0.2) is 18.1 Å². The van der Waals surface area contributed by atoms with Gasteiger partial charge in [0.1, 0.15) is 0 Å². The van der Waals surface area contributed by atoms with Crippen molar-refractivity contribution in [2.24, 2.45) is 0 Å². The lowest BCUT2D eigenvalue weighted by Crippen LogP contribution is -2.36. The number of aromatic nitrogens is 2. The summed E-state index contributed by atoms with van der Waals surface area (Å²) >= 11 is 0.